The Bertz CT molecular complexity index is 388. The predicted molar refractivity (Wildman–Crippen MR) is 78.7 cm³/mol. The van der Waals surface area contributed by atoms with Crippen molar-refractivity contribution < 1.29 is 9.84 Å². The first-order valence-electron chi connectivity index (χ1n) is 6.52. The van der Waals surface area contributed by atoms with E-state index in [9.17, 15) is 0 Å². The van der Waals surface area contributed by atoms with Crippen LogP contribution in [0.25, 0.3) is 0 Å². The molecule has 0 amide bonds. The second kappa shape index (κ2) is 8.38. The van der Waals surface area contributed by atoms with Gasteiger partial charge < -0.3 is 20.9 Å². The first-order valence-corrected chi connectivity index (χ1v) is 6.90. The number of nitrogens with one attached hydrogen (secondary N) is 1. The van der Waals surface area contributed by atoms with E-state index in [2.05, 4.69) is 12.2 Å². The highest BCUT2D eigenvalue weighted by Crippen LogP contribution is 2.27. The van der Waals surface area contributed by atoms with Crippen LogP contribution in [0.4, 0.5) is 0 Å². The van der Waals surface area contributed by atoms with Gasteiger partial charge in [-0.15, -0.1) is 0 Å². The Hall–Kier alpha value is -0.810. The van der Waals surface area contributed by atoms with Crippen molar-refractivity contribution in [3.8, 4) is 5.75 Å². The molecule has 0 heterocycles. The summed E-state index contributed by atoms with van der Waals surface area (Å²) in [6.07, 6.45) is 1.70. The van der Waals surface area contributed by atoms with Gasteiger partial charge in [0.2, 0.25) is 0 Å². The molecular weight excluding hydrogens is 264 g/mol. The maximum Gasteiger partial charge on any atom is 0.137 e. The summed E-state index contributed by atoms with van der Waals surface area (Å²) in [7, 11) is 1.59. The molecule has 19 heavy (non-hydrogen) atoms. The molecule has 0 saturated heterocycles. The second-order valence-electron chi connectivity index (χ2n) is 4.62. The van der Waals surface area contributed by atoms with Crippen molar-refractivity contribution in [2.45, 2.75) is 31.8 Å². The van der Waals surface area contributed by atoms with Gasteiger partial charge in [0.05, 0.1) is 12.1 Å². The van der Waals surface area contributed by atoms with Crippen molar-refractivity contribution in [2.24, 2.45) is 5.73 Å². The standard InChI is InChI=1S/C14H23ClN2O2/c1-10(4-3-7-18)17-13(9-16)11-5-6-14(19-2)12(15)8-11/h5-6,8,10,13,17-18H,3-4,7,9,16H2,1-2H3. The van der Waals surface area contributed by atoms with Gasteiger partial charge in [0.1, 0.15) is 5.75 Å². The average Bonchev–Trinajstić information content (AvgIpc) is 2.42. The van der Waals surface area contributed by atoms with E-state index in [1.807, 2.05) is 18.2 Å². The van der Waals surface area contributed by atoms with Crippen LogP contribution in [-0.4, -0.2) is 31.4 Å². The lowest BCUT2D eigenvalue weighted by Crippen LogP contribution is -2.35. The lowest BCUT2D eigenvalue weighted by molar-refractivity contribution is 0.274. The van der Waals surface area contributed by atoms with Crippen molar-refractivity contribution in [1.82, 2.24) is 5.32 Å². The summed E-state index contributed by atoms with van der Waals surface area (Å²) in [6, 6.07) is 6.04. The van der Waals surface area contributed by atoms with Gasteiger partial charge in [-0.3, -0.25) is 0 Å². The molecule has 2 atom stereocenters. The van der Waals surface area contributed by atoms with E-state index in [0.717, 1.165) is 18.4 Å². The van der Waals surface area contributed by atoms with Crippen molar-refractivity contribution in [2.75, 3.05) is 20.3 Å². The molecule has 1 rings (SSSR count). The third-order valence-corrected chi connectivity index (χ3v) is 3.39. The number of hydrogen-bond acceptors (Lipinski definition) is 4. The fourth-order valence-electron chi connectivity index (χ4n) is 2.02. The summed E-state index contributed by atoms with van der Waals surface area (Å²) >= 11 is 6.12. The molecule has 4 nitrogen and oxygen atoms in total. The van der Waals surface area contributed by atoms with Crippen LogP contribution in [0.5, 0.6) is 5.75 Å². The monoisotopic (exact) mass is 286 g/mol. The minimum Gasteiger partial charge on any atom is -0.495 e. The molecule has 0 bridgehead atoms. The molecule has 0 saturated carbocycles. The van der Waals surface area contributed by atoms with Crippen molar-refractivity contribution in [3.63, 3.8) is 0 Å². The number of methoxy groups -OCH3 is 1. The quantitative estimate of drug-likeness (QED) is 0.685. The highest BCUT2D eigenvalue weighted by atomic mass is 35.5. The Kier molecular flexibility index (Phi) is 7.16. The Morgan fingerprint density at radius 3 is 2.74 bits per heavy atom. The zero-order valence-electron chi connectivity index (χ0n) is 11.5. The molecule has 0 aliphatic rings. The van der Waals surface area contributed by atoms with Gasteiger partial charge in [0, 0.05) is 25.2 Å². The Morgan fingerprint density at radius 2 is 2.21 bits per heavy atom. The number of hydrogen-bond donors (Lipinski definition) is 3. The van der Waals surface area contributed by atoms with Crippen molar-refractivity contribution >= 4 is 11.6 Å². The number of benzene rings is 1. The molecule has 0 radical (unpaired) electrons. The number of ether oxygens (including phenoxy) is 1. The lowest BCUT2D eigenvalue weighted by Gasteiger charge is -2.23. The second-order valence-corrected chi connectivity index (χ2v) is 5.02. The summed E-state index contributed by atoms with van der Waals surface area (Å²) in [6.45, 7) is 2.79. The largest absolute Gasteiger partial charge is 0.495 e. The van der Waals surface area contributed by atoms with Gasteiger partial charge in [-0.25, -0.2) is 0 Å². The van der Waals surface area contributed by atoms with E-state index < -0.39 is 0 Å². The maximum absolute atomic E-state index is 8.83. The van der Waals surface area contributed by atoms with E-state index in [4.69, 9.17) is 27.2 Å². The number of rotatable bonds is 8. The summed E-state index contributed by atoms with van der Waals surface area (Å²) in [5, 5.41) is 12.9. The lowest BCUT2D eigenvalue weighted by atomic mass is 10.0. The molecule has 4 N–H and O–H groups in total. The Morgan fingerprint density at radius 1 is 1.47 bits per heavy atom. The van der Waals surface area contributed by atoms with Gasteiger partial charge in [-0.05, 0) is 37.5 Å². The van der Waals surface area contributed by atoms with Crippen LogP contribution in [0.3, 0.4) is 0 Å². The summed E-state index contributed by atoms with van der Waals surface area (Å²) in [4.78, 5) is 0. The van der Waals surface area contributed by atoms with Crippen LogP contribution in [0.15, 0.2) is 18.2 Å². The zero-order valence-corrected chi connectivity index (χ0v) is 12.3. The molecule has 0 aliphatic heterocycles. The maximum atomic E-state index is 8.83. The molecule has 0 aliphatic carbocycles. The molecule has 108 valence electrons. The summed E-state index contributed by atoms with van der Waals surface area (Å²) < 4.78 is 5.14. The van der Waals surface area contributed by atoms with Gasteiger partial charge in [-0.2, -0.15) is 0 Å². The van der Waals surface area contributed by atoms with Gasteiger partial charge in [0.25, 0.3) is 0 Å². The third kappa shape index (κ3) is 4.99. The minimum absolute atomic E-state index is 0.0529. The number of aliphatic hydroxyl groups is 1. The van der Waals surface area contributed by atoms with E-state index >= 15 is 0 Å². The van der Waals surface area contributed by atoms with E-state index in [1.54, 1.807) is 7.11 Å². The highest BCUT2D eigenvalue weighted by molar-refractivity contribution is 6.32. The fraction of sp³-hybridized carbons (Fsp3) is 0.571. The topological polar surface area (TPSA) is 67.5 Å². The SMILES string of the molecule is COc1ccc(C(CN)NC(C)CCCO)cc1Cl. The fourth-order valence-corrected chi connectivity index (χ4v) is 2.29. The van der Waals surface area contributed by atoms with Crippen LogP contribution >= 0.6 is 11.6 Å². The van der Waals surface area contributed by atoms with Crippen LogP contribution < -0.4 is 15.8 Å². The number of nitrogens with two attached hydrogens (primary N) is 1. The number of aliphatic hydroxyl groups excluding tert-OH is 1. The predicted octanol–water partition coefficient (Wildman–Crippen LogP) is 2.10. The van der Waals surface area contributed by atoms with Crippen molar-refractivity contribution in [1.29, 1.82) is 0 Å². The van der Waals surface area contributed by atoms with Crippen LogP contribution in [0.2, 0.25) is 5.02 Å². The molecule has 2 unspecified atom stereocenters. The molecule has 0 spiro atoms. The van der Waals surface area contributed by atoms with Gasteiger partial charge >= 0.3 is 0 Å². The van der Waals surface area contributed by atoms with Crippen LogP contribution in [-0.2, 0) is 0 Å². The van der Waals surface area contributed by atoms with E-state index in [0.29, 0.717) is 23.4 Å². The average molecular weight is 287 g/mol. The summed E-state index contributed by atoms with van der Waals surface area (Å²) in [5.41, 5.74) is 6.86. The Labute approximate surface area is 119 Å². The third-order valence-electron chi connectivity index (χ3n) is 3.09. The van der Waals surface area contributed by atoms with E-state index in [-0.39, 0.29) is 12.6 Å². The first-order chi connectivity index (χ1) is 9.12. The van der Waals surface area contributed by atoms with Crippen LogP contribution in [0.1, 0.15) is 31.4 Å². The molecule has 5 heteroatoms. The molecule has 1 aromatic carbocycles. The van der Waals surface area contributed by atoms with Crippen LogP contribution in [0, 0.1) is 0 Å². The zero-order chi connectivity index (χ0) is 14.3. The minimum atomic E-state index is 0.0529. The first kappa shape index (κ1) is 16.2. The number of halogens is 1. The molecule has 1 aromatic rings. The molecule has 0 aromatic heterocycles. The van der Waals surface area contributed by atoms with Gasteiger partial charge in [-0.1, -0.05) is 17.7 Å². The smallest absolute Gasteiger partial charge is 0.137 e. The highest BCUT2D eigenvalue weighted by Gasteiger charge is 2.14. The molecular formula is C14H23ClN2O2. The summed E-state index contributed by atoms with van der Waals surface area (Å²) in [5.74, 6) is 0.662. The normalized spacial score (nSPS) is 14.2. The Balaban J connectivity index is 2.71. The van der Waals surface area contributed by atoms with Crippen molar-refractivity contribution in [3.05, 3.63) is 28.8 Å². The van der Waals surface area contributed by atoms with E-state index in [1.165, 1.54) is 0 Å². The van der Waals surface area contributed by atoms with Gasteiger partial charge in [0.15, 0.2) is 0 Å². The molecule has 0 fully saturated rings.